The summed E-state index contributed by atoms with van der Waals surface area (Å²) >= 11 is 3.64. The van der Waals surface area contributed by atoms with Crippen LogP contribution < -0.4 is 0 Å². The average molecular weight is 330 g/mol. The van der Waals surface area contributed by atoms with E-state index < -0.39 is 0 Å². The summed E-state index contributed by atoms with van der Waals surface area (Å²) in [7, 11) is 0. The van der Waals surface area contributed by atoms with E-state index in [0.29, 0.717) is 5.16 Å². The van der Waals surface area contributed by atoms with E-state index in [1.165, 1.54) is 18.1 Å². The third-order valence-electron chi connectivity index (χ3n) is 1.59. The third kappa shape index (κ3) is 2.85. The van der Waals surface area contributed by atoms with Crippen LogP contribution >= 0.6 is 34.4 Å². The van der Waals surface area contributed by atoms with Gasteiger partial charge in [-0.05, 0) is 47.3 Å². The number of halogens is 1. The molecule has 0 radical (unpaired) electrons. The second-order valence-electron chi connectivity index (χ2n) is 2.76. The predicted octanol–water partition coefficient (Wildman–Crippen LogP) is 2.33. The van der Waals surface area contributed by atoms with E-state index in [0.717, 1.165) is 14.3 Å². The summed E-state index contributed by atoms with van der Waals surface area (Å²) in [5, 5.41) is 1.60. The Labute approximate surface area is 105 Å². The standard InChI is InChI=1S/C9H7IN4S/c1-6-2-3-12-9(14-6)15-8-7(10)4-11-5-13-8/h2-5H,1H3. The molecule has 0 aliphatic heterocycles. The lowest BCUT2D eigenvalue weighted by atomic mass is 10.5. The maximum Gasteiger partial charge on any atom is 0.194 e. The number of aryl methyl sites for hydroxylation is 1. The average Bonchev–Trinajstić information content (AvgIpc) is 2.22. The van der Waals surface area contributed by atoms with Gasteiger partial charge in [0.2, 0.25) is 0 Å². The van der Waals surface area contributed by atoms with Gasteiger partial charge in [0.05, 0.1) is 3.57 Å². The second kappa shape index (κ2) is 4.84. The molecule has 0 aromatic carbocycles. The highest BCUT2D eigenvalue weighted by molar-refractivity contribution is 14.1. The van der Waals surface area contributed by atoms with Crippen LogP contribution in [0.5, 0.6) is 0 Å². The van der Waals surface area contributed by atoms with Gasteiger partial charge in [-0.15, -0.1) is 0 Å². The highest BCUT2D eigenvalue weighted by Gasteiger charge is 2.05. The number of nitrogens with zero attached hydrogens (tertiary/aromatic N) is 4. The van der Waals surface area contributed by atoms with Gasteiger partial charge in [-0.2, -0.15) is 0 Å². The van der Waals surface area contributed by atoms with E-state index in [1.54, 1.807) is 12.4 Å². The minimum atomic E-state index is 0.714. The fourth-order valence-electron chi connectivity index (χ4n) is 0.938. The normalized spacial score (nSPS) is 10.3. The van der Waals surface area contributed by atoms with E-state index in [2.05, 4.69) is 42.5 Å². The summed E-state index contributed by atoms with van der Waals surface area (Å²) in [4.78, 5) is 16.6. The van der Waals surface area contributed by atoms with Gasteiger partial charge in [0.15, 0.2) is 5.16 Å². The first-order valence-corrected chi connectivity index (χ1v) is 6.08. The van der Waals surface area contributed by atoms with Crippen LogP contribution in [-0.4, -0.2) is 19.9 Å². The molecular formula is C9H7IN4S. The van der Waals surface area contributed by atoms with Gasteiger partial charge >= 0.3 is 0 Å². The predicted molar refractivity (Wildman–Crippen MR) is 65.6 cm³/mol. The monoisotopic (exact) mass is 330 g/mol. The molecule has 0 saturated heterocycles. The van der Waals surface area contributed by atoms with Gasteiger partial charge in [-0.25, -0.2) is 19.9 Å². The van der Waals surface area contributed by atoms with Crippen molar-refractivity contribution in [2.24, 2.45) is 0 Å². The molecule has 2 aromatic heterocycles. The van der Waals surface area contributed by atoms with Gasteiger partial charge in [0.1, 0.15) is 11.4 Å². The number of hydrogen-bond acceptors (Lipinski definition) is 5. The molecule has 0 unspecified atom stereocenters. The Morgan fingerprint density at radius 3 is 2.93 bits per heavy atom. The molecule has 0 bridgehead atoms. The lowest BCUT2D eigenvalue weighted by molar-refractivity contribution is 0.922. The van der Waals surface area contributed by atoms with E-state index in [1.807, 2.05) is 13.0 Å². The van der Waals surface area contributed by atoms with Crippen molar-refractivity contribution in [2.75, 3.05) is 0 Å². The Balaban J connectivity index is 2.26. The Morgan fingerprint density at radius 2 is 2.20 bits per heavy atom. The van der Waals surface area contributed by atoms with Crippen molar-refractivity contribution in [3.8, 4) is 0 Å². The molecule has 76 valence electrons. The van der Waals surface area contributed by atoms with Crippen LogP contribution in [0.3, 0.4) is 0 Å². The van der Waals surface area contributed by atoms with E-state index >= 15 is 0 Å². The van der Waals surface area contributed by atoms with Crippen LogP contribution in [0.2, 0.25) is 0 Å². The SMILES string of the molecule is Cc1ccnc(Sc2ncncc2I)n1. The van der Waals surface area contributed by atoms with Crippen molar-refractivity contribution in [1.29, 1.82) is 0 Å². The molecule has 0 atom stereocenters. The van der Waals surface area contributed by atoms with Crippen LogP contribution in [0.15, 0.2) is 35.0 Å². The molecule has 0 saturated carbocycles. The minimum Gasteiger partial charge on any atom is -0.244 e. The zero-order chi connectivity index (χ0) is 10.7. The third-order valence-corrected chi connectivity index (χ3v) is 3.65. The molecule has 0 N–H and O–H groups in total. The molecule has 4 nitrogen and oxygen atoms in total. The fraction of sp³-hybridized carbons (Fsp3) is 0.111. The highest BCUT2D eigenvalue weighted by atomic mass is 127. The topological polar surface area (TPSA) is 51.6 Å². The molecule has 0 amide bonds. The summed E-state index contributed by atoms with van der Waals surface area (Å²) in [5.74, 6) is 0. The molecule has 0 spiro atoms. The van der Waals surface area contributed by atoms with Gasteiger partial charge < -0.3 is 0 Å². The maximum atomic E-state index is 4.30. The van der Waals surface area contributed by atoms with Gasteiger partial charge in [-0.3, -0.25) is 0 Å². The molecule has 6 heteroatoms. The Kier molecular flexibility index (Phi) is 3.47. The first-order valence-electron chi connectivity index (χ1n) is 4.19. The first kappa shape index (κ1) is 10.7. The van der Waals surface area contributed by atoms with Crippen LogP contribution in [0.25, 0.3) is 0 Å². The summed E-state index contributed by atoms with van der Waals surface area (Å²) in [5.41, 5.74) is 0.955. The zero-order valence-corrected chi connectivity index (χ0v) is 10.9. The van der Waals surface area contributed by atoms with Crippen LogP contribution in [0.1, 0.15) is 5.69 Å². The van der Waals surface area contributed by atoms with Crippen LogP contribution in [0.4, 0.5) is 0 Å². The van der Waals surface area contributed by atoms with Crippen LogP contribution in [-0.2, 0) is 0 Å². The minimum absolute atomic E-state index is 0.714. The van der Waals surface area contributed by atoms with Crippen molar-refractivity contribution in [3.63, 3.8) is 0 Å². The van der Waals surface area contributed by atoms with Crippen molar-refractivity contribution in [1.82, 2.24) is 19.9 Å². The number of rotatable bonds is 2. The number of hydrogen-bond donors (Lipinski definition) is 0. The Hall–Kier alpha value is -0.760. The number of aromatic nitrogens is 4. The molecule has 15 heavy (non-hydrogen) atoms. The second-order valence-corrected chi connectivity index (χ2v) is 4.88. The molecule has 0 aliphatic rings. The van der Waals surface area contributed by atoms with Crippen molar-refractivity contribution in [2.45, 2.75) is 17.1 Å². The van der Waals surface area contributed by atoms with Gasteiger partial charge in [0.25, 0.3) is 0 Å². The smallest absolute Gasteiger partial charge is 0.194 e. The largest absolute Gasteiger partial charge is 0.244 e. The quantitative estimate of drug-likeness (QED) is 0.481. The first-order chi connectivity index (χ1) is 7.25. The zero-order valence-electron chi connectivity index (χ0n) is 7.88. The Morgan fingerprint density at radius 1 is 1.33 bits per heavy atom. The molecule has 0 fully saturated rings. The molecule has 2 aromatic rings. The van der Waals surface area contributed by atoms with Gasteiger partial charge in [-0.1, -0.05) is 0 Å². The lowest BCUT2D eigenvalue weighted by Gasteiger charge is -2.01. The summed E-state index contributed by atoms with van der Waals surface area (Å²) < 4.78 is 1.00. The van der Waals surface area contributed by atoms with Crippen molar-refractivity contribution >= 4 is 34.4 Å². The highest BCUT2D eigenvalue weighted by Crippen LogP contribution is 2.25. The Bertz CT molecular complexity index is 477. The fourth-order valence-corrected chi connectivity index (χ4v) is 2.29. The van der Waals surface area contributed by atoms with Crippen LogP contribution in [0, 0.1) is 10.5 Å². The van der Waals surface area contributed by atoms with E-state index in [9.17, 15) is 0 Å². The van der Waals surface area contributed by atoms with Crippen molar-refractivity contribution in [3.05, 3.63) is 34.1 Å². The summed E-state index contributed by atoms with van der Waals surface area (Å²) in [6, 6.07) is 1.87. The molecule has 2 heterocycles. The van der Waals surface area contributed by atoms with E-state index in [4.69, 9.17) is 0 Å². The maximum absolute atomic E-state index is 4.30. The summed E-state index contributed by atoms with van der Waals surface area (Å²) in [6.07, 6.45) is 5.05. The van der Waals surface area contributed by atoms with Crippen molar-refractivity contribution < 1.29 is 0 Å². The lowest BCUT2D eigenvalue weighted by Crippen LogP contribution is -1.91. The summed E-state index contributed by atoms with van der Waals surface area (Å²) in [6.45, 7) is 1.94. The molecule has 2 rings (SSSR count). The van der Waals surface area contributed by atoms with Gasteiger partial charge in [0, 0.05) is 18.1 Å². The molecular weight excluding hydrogens is 323 g/mol. The van der Waals surface area contributed by atoms with E-state index in [-0.39, 0.29) is 0 Å². The molecule has 0 aliphatic carbocycles.